The van der Waals surface area contributed by atoms with E-state index in [9.17, 15) is 0 Å². The maximum Gasteiger partial charge on any atom is 0.139 e. The van der Waals surface area contributed by atoms with E-state index < -0.39 is 0 Å². The molecule has 2 aromatic rings. The van der Waals surface area contributed by atoms with Gasteiger partial charge in [-0.05, 0) is 58.7 Å². The first kappa shape index (κ1) is 15.4. The minimum Gasteiger partial charge on any atom is -0.494 e. The summed E-state index contributed by atoms with van der Waals surface area (Å²) in [5, 5.41) is 7.64. The van der Waals surface area contributed by atoms with Crippen molar-refractivity contribution >= 4 is 21.8 Å². The summed E-state index contributed by atoms with van der Waals surface area (Å²) in [7, 11) is 0. The number of ether oxygens (including phenoxy) is 2. The van der Waals surface area contributed by atoms with Crippen molar-refractivity contribution in [3.8, 4) is 17.2 Å². The molecular formula is C16H17BrN2O2. The molecule has 0 unspecified atom stereocenters. The molecule has 0 heterocycles. The fourth-order valence-electron chi connectivity index (χ4n) is 1.80. The first-order valence-electron chi connectivity index (χ1n) is 6.65. The SMILES string of the molecule is CCCOc1ccc(Oc2cccc(Br)c2C(=N)N)cc1. The maximum absolute atomic E-state index is 7.64. The Balaban J connectivity index is 2.19. The third kappa shape index (κ3) is 3.98. The van der Waals surface area contributed by atoms with Gasteiger partial charge in [0.05, 0.1) is 12.2 Å². The zero-order chi connectivity index (χ0) is 15.2. The molecule has 110 valence electrons. The van der Waals surface area contributed by atoms with Crippen LogP contribution in [0.25, 0.3) is 0 Å². The minimum atomic E-state index is -0.0413. The largest absolute Gasteiger partial charge is 0.494 e. The molecule has 0 saturated heterocycles. The van der Waals surface area contributed by atoms with E-state index in [4.69, 9.17) is 20.6 Å². The summed E-state index contributed by atoms with van der Waals surface area (Å²) in [5.41, 5.74) is 6.15. The monoisotopic (exact) mass is 348 g/mol. The smallest absolute Gasteiger partial charge is 0.139 e. The quantitative estimate of drug-likeness (QED) is 0.603. The van der Waals surface area contributed by atoms with Gasteiger partial charge in [-0.25, -0.2) is 0 Å². The molecule has 0 saturated carbocycles. The van der Waals surface area contributed by atoms with Crippen LogP contribution in [0.5, 0.6) is 17.2 Å². The van der Waals surface area contributed by atoms with Gasteiger partial charge in [-0.1, -0.05) is 13.0 Å². The summed E-state index contributed by atoms with van der Waals surface area (Å²) in [6.45, 7) is 2.76. The van der Waals surface area contributed by atoms with E-state index in [1.54, 1.807) is 6.07 Å². The summed E-state index contributed by atoms with van der Waals surface area (Å²) >= 11 is 3.38. The van der Waals surface area contributed by atoms with Crippen molar-refractivity contribution in [2.45, 2.75) is 13.3 Å². The van der Waals surface area contributed by atoms with Crippen molar-refractivity contribution in [3.05, 3.63) is 52.5 Å². The van der Waals surface area contributed by atoms with Crippen LogP contribution in [0.15, 0.2) is 46.9 Å². The second-order valence-electron chi connectivity index (χ2n) is 4.45. The van der Waals surface area contributed by atoms with Crippen LogP contribution in [0.1, 0.15) is 18.9 Å². The summed E-state index contributed by atoms with van der Waals surface area (Å²) < 4.78 is 12.1. The van der Waals surface area contributed by atoms with Gasteiger partial charge in [0.25, 0.3) is 0 Å². The van der Waals surface area contributed by atoms with Gasteiger partial charge < -0.3 is 15.2 Å². The number of benzene rings is 2. The molecule has 0 amide bonds. The molecule has 0 aliphatic heterocycles. The molecule has 2 rings (SSSR count). The highest BCUT2D eigenvalue weighted by Gasteiger charge is 2.11. The van der Waals surface area contributed by atoms with Crippen molar-refractivity contribution < 1.29 is 9.47 Å². The van der Waals surface area contributed by atoms with Gasteiger partial charge >= 0.3 is 0 Å². The number of amidine groups is 1. The highest BCUT2D eigenvalue weighted by Crippen LogP contribution is 2.31. The van der Waals surface area contributed by atoms with Crippen LogP contribution in [0.4, 0.5) is 0 Å². The fraction of sp³-hybridized carbons (Fsp3) is 0.188. The average Bonchev–Trinajstić information content (AvgIpc) is 2.46. The van der Waals surface area contributed by atoms with Crippen LogP contribution in [-0.2, 0) is 0 Å². The van der Waals surface area contributed by atoms with Crippen molar-refractivity contribution in [2.24, 2.45) is 5.73 Å². The molecule has 0 radical (unpaired) electrons. The van der Waals surface area contributed by atoms with E-state index in [0.717, 1.165) is 16.6 Å². The highest BCUT2D eigenvalue weighted by molar-refractivity contribution is 9.10. The zero-order valence-corrected chi connectivity index (χ0v) is 13.3. The Bertz CT molecular complexity index is 627. The standard InChI is InChI=1S/C16H17BrN2O2/c1-2-10-20-11-6-8-12(9-7-11)21-14-5-3-4-13(17)15(14)16(18)19/h3-9H,2,10H2,1H3,(H3,18,19). The molecule has 0 aliphatic rings. The molecule has 3 N–H and O–H groups in total. The van der Waals surface area contributed by atoms with E-state index in [2.05, 4.69) is 22.9 Å². The molecule has 21 heavy (non-hydrogen) atoms. The van der Waals surface area contributed by atoms with Crippen LogP contribution in [0, 0.1) is 5.41 Å². The Morgan fingerprint density at radius 3 is 2.43 bits per heavy atom. The number of hydrogen-bond acceptors (Lipinski definition) is 3. The molecule has 0 fully saturated rings. The van der Waals surface area contributed by atoms with E-state index in [1.807, 2.05) is 36.4 Å². The Hall–Kier alpha value is -2.01. The van der Waals surface area contributed by atoms with Crippen LogP contribution >= 0.6 is 15.9 Å². The normalized spacial score (nSPS) is 10.2. The summed E-state index contributed by atoms with van der Waals surface area (Å²) in [4.78, 5) is 0. The molecule has 0 aromatic heterocycles. The van der Waals surface area contributed by atoms with Gasteiger partial charge in [-0.3, -0.25) is 5.41 Å². The lowest BCUT2D eigenvalue weighted by molar-refractivity contribution is 0.317. The Labute approximate surface area is 132 Å². The highest BCUT2D eigenvalue weighted by atomic mass is 79.9. The molecule has 4 nitrogen and oxygen atoms in total. The summed E-state index contributed by atoms with van der Waals surface area (Å²) in [6, 6.07) is 12.8. The fourth-order valence-corrected chi connectivity index (χ4v) is 2.36. The van der Waals surface area contributed by atoms with E-state index in [0.29, 0.717) is 23.7 Å². The lowest BCUT2D eigenvalue weighted by atomic mass is 10.2. The Morgan fingerprint density at radius 2 is 1.81 bits per heavy atom. The first-order chi connectivity index (χ1) is 10.1. The molecular weight excluding hydrogens is 332 g/mol. The Morgan fingerprint density at radius 1 is 1.14 bits per heavy atom. The van der Waals surface area contributed by atoms with Crippen LogP contribution < -0.4 is 15.2 Å². The van der Waals surface area contributed by atoms with Crippen LogP contribution in [0.3, 0.4) is 0 Å². The predicted molar refractivity (Wildman–Crippen MR) is 87.5 cm³/mol. The van der Waals surface area contributed by atoms with Gasteiger partial charge in [0.1, 0.15) is 23.1 Å². The number of nitrogens with one attached hydrogen (secondary N) is 1. The number of rotatable bonds is 6. The summed E-state index contributed by atoms with van der Waals surface area (Å²) in [5.74, 6) is 1.98. The van der Waals surface area contributed by atoms with Gasteiger partial charge in [0.15, 0.2) is 0 Å². The summed E-state index contributed by atoms with van der Waals surface area (Å²) in [6.07, 6.45) is 0.971. The topological polar surface area (TPSA) is 68.3 Å². The first-order valence-corrected chi connectivity index (χ1v) is 7.44. The lowest BCUT2D eigenvalue weighted by Crippen LogP contribution is -2.13. The zero-order valence-electron chi connectivity index (χ0n) is 11.7. The van der Waals surface area contributed by atoms with E-state index in [1.165, 1.54) is 0 Å². The van der Waals surface area contributed by atoms with Gasteiger partial charge in [0.2, 0.25) is 0 Å². The van der Waals surface area contributed by atoms with Gasteiger partial charge in [-0.15, -0.1) is 0 Å². The number of nitrogens with two attached hydrogens (primary N) is 1. The molecule has 0 aliphatic carbocycles. The maximum atomic E-state index is 7.64. The lowest BCUT2D eigenvalue weighted by Gasteiger charge is -2.12. The van der Waals surface area contributed by atoms with Crippen LogP contribution in [0.2, 0.25) is 0 Å². The second kappa shape index (κ2) is 7.13. The van der Waals surface area contributed by atoms with Crippen molar-refractivity contribution in [1.82, 2.24) is 0 Å². The third-order valence-corrected chi connectivity index (χ3v) is 3.43. The van der Waals surface area contributed by atoms with Crippen LogP contribution in [-0.4, -0.2) is 12.4 Å². The van der Waals surface area contributed by atoms with E-state index >= 15 is 0 Å². The van der Waals surface area contributed by atoms with Gasteiger partial charge in [-0.2, -0.15) is 0 Å². The molecule has 2 aromatic carbocycles. The molecule has 0 spiro atoms. The average molecular weight is 349 g/mol. The molecule has 0 atom stereocenters. The third-order valence-electron chi connectivity index (χ3n) is 2.77. The number of hydrogen-bond donors (Lipinski definition) is 2. The van der Waals surface area contributed by atoms with Gasteiger partial charge in [0, 0.05) is 4.47 Å². The van der Waals surface area contributed by atoms with Crippen molar-refractivity contribution in [2.75, 3.05) is 6.61 Å². The van der Waals surface area contributed by atoms with E-state index in [-0.39, 0.29) is 5.84 Å². The minimum absolute atomic E-state index is 0.0413. The van der Waals surface area contributed by atoms with Crippen molar-refractivity contribution in [3.63, 3.8) is 0 Å². The van der Waals surface area contributed by atoms with Crippen molar-refractivity contribution in [1.29, 1.82) is 5.41 Å². The predicted octanol–water partition coefficient (Wildman–Crippen LogP) is 4.31. The Kier molecular flexibility index (Phi) is 5.22. The number of nitrogen functional groups attached to an aromatic ring is 1. The second-order valence-corrected chi connectivity index (χ2v) is 5.30. The number of halogens is 1. The molecule has 5 heteroatoms. The molecule has 0 bridgehead atoms.